The maximum atomic E-state index is 13.4. The number of urea groups is 1. The number of carbonyl (C=O) groups excluding carboxylic acids is 1. The first kappa shape index (κ1) is 37.8. The van der Waals surface area contributed by atoms with Crippen LogP contribution in [0.1, 0.15) is 0 Å². The van der Waals surface area contributed by atoms with E-state index in [2.05, 4.69) is 20.1 Å². The molecule has 0 bridgehead atoms. The molecule has 17 nitrogen and oxygen atoms in total. The van der Waals surface area contributed by atoms with E-state index in [0.29, 0.717) is 0 Å². The molecule has 0 atom stereocenters. The Kier molecular flexibility index (Phi) is 9.64. The first-order valence-electron chi connectivity index (χ1n) is 15.0. The van der Waals surface area contributed by atoms with Crippen molar-refractivity contribution < 1.29 is 57.8 Å². The smallest absolute Gasteiger partial charge is 0.323 e. The number of anilines is 4. The molecule has 0 radical (unpaired) electrons. The van der Waals surface area contributed by atoms with Crippen LogP contribution in [0.3, 0.4) is 0 Å². The van der Waals surface area contributed by atoms with Gasteiger partial charge in [-0.1, -0.05) is 36.4 Å². The second kappa shape index (κ2) is 13.8. The van der Waals surface area contributed by atoms with Crippen LogP contribution in [0.2, 0.25) is 0 Å². The lowest BCUT2D eigenvalue weighted by Gasteiger charge is -2.15. The number of hydrogen-bond donors (Lipinski definition) is 8. The topological polar surface area (TPSA) is 283 Å². The van der Waals surface area contributed by atoms with Crippen LogP contribution in [0.4, 0.5) is 27.5 Å². The number of nitrogens with one attached hydrogen (secondary N) is 4. The summed E-state index contributed by atoms with van der Waals surface area (Å²) in [6.45, 7) is 0. The highest BCUT2D eigenvalue weighted by Crippen LogP contribution is 2.38. The Labute approximate surface area is 307 Å². The Morgan fingerprint density at radius 2 is 0.852 bits per heavy atom. The van der Waals surface area contributed by atoms with E-state index < -0.39 is 56.1 Å². The van der Waals surface area contributed by atoms with E-state index in [4.69, 9.17) is 0 Å². The standard InChI is InChI=1S/C33H26N4O13S4/c38-27-15-13-25(31-23(27)9-3-11-29(31)53(45,46)47)36-51(41,42)21-7-1-5-19(17-21)34-33(40)35-20-6-2-8-22(18-20)52(43,44)37-26-14-16-28(39)24-10-4-12-30(32(24)26)54(48,49)50/h1-18,36-39H,(H2,34,35,40)(H,45,46,47)(H,48,49,50). The van der Waals surface area contributed by atoms with Gasteiger partial charge in [-0.25, -0.2) is 21.6 Å². The lowest BCUT2D eigenvalue weighted by molar-refractivity contribution is 0.262. The van der Waals surface area contributed by atoms with Gasteiger partial charge in [-0.3, -0.25) is 18.5 Å². The normalized spacial score (nSPS) is 12.3. The van der Waals surface area contributed by atoms with Gasteiger partial charge in [0.2, 0.25) is 0 Å². The first-order chi connectivity index (χ1) is 25.2. The molecule has 0 aliphatic heterocycles. The van der Waals surface area contributed by atoms with E-state index in [1.165, 1.54) is 60.7 Å². The van der Waals surface area contributed by atoms with Crippen molar-refractivity contribution in [1.29, 1.82) is 0 Å². The molecule has 0 aromatic heterocycles. The van der Waals surface area contributed by atoms with Gasteiger partial charge in [-0.2, -0.15) is 16.8 Å². The number of hydrogen-bond acceptors (Lipinski definition) is 11. The predicted molar refractivity (Wildman–Crippen MR) is 198 cm³/mol. The van der Waals surface area contributed by atoms with Crippen molar-refractivity contribution in [2.75, 3.05) is 20.1 Å². The lowest BCUT2D eigenvalue weighted by Crippen LogP contribution is -2.20. The number of sulfonamides is 2. The van der Waals surface area contributed by atoms with Gasteiger partial charge in [-0.15, -0.1) is 0 Å². The van der Waals surface area contributed by atoms with Crippen molar-refractivity contribution in [2.24, 2.45) is 0 Å². The summed E-state index contributed by atoms with van der Waals surface area (Å²) < 4.78 is 126. The molecule has 0 spiro atoms. The fourth-order valence-corrected chi connectivity index (χ4v) is 9.19. The quantitative estimate of drug-likeness (QED) is 0.0657. The number of benzene rings is 6. The summed E-state index contributed by atoms with van der Waals surface area (Å²) in [5.41, 5.74) is -0.643. The van der Waals surface area contributed by atoms with Gasteiger partial charge >= 0.3 is 6.03 Å². The highest BCUT2D eigenvalue weighted by Gasteiger charge is 2.24. The molecule has 6 aromatic carbocycles. The molecule has 0 aliphatic carbocycles. The Morgan fingerprint density at radius 3 is 1.22 bits per heavy atom. The minimum absolute atomic E-state index is 0.0381. The van der Waals surface area contributed by atoms with Crippen LogP contribution < -0.4 is 20.1 Å². The Hall–Kier alpha value is -5.97. The third-order valence-electron chi connectivity index (χ3n) is 7.81. The molecular formula is C33H26N4O13S4. The SMILES string of the molecule is O=C(Nc1cccc(S(=O)(=O)Nc2ccc(O)c3cccc(S(=O)(=O)O)c23)c1)Nc1cccc(S(=O)(=O)Nc2ccc(O)c3cccc(S(=O)(=O)O)c23)c1. The van der Waals surface area contributed by atoms with Gasteiger partial charge in [0.05, 0.1) is 21.2 Å². The first-order valence-corrected chi connectivity index (χ1v) is 20.9. The fraction of sp³-hybridized carbons (Fsp3) is 0. The zero-order chi connectivity index (χ0) is 39.2. The number of rotatable bonds is 10. The highest BCUT2D eigenvalue weighted by molar-refractivity contribution is 7.93. The van der Waals surface area contributed by atoms with Crippen LogP contribution in [0, 0.1) is 0 Å². The second-order valence-electron chi connectivity index (χ2n) is 11.4. The van der Waals surface area contributed by atoms with Gasteiger partial charge in [0.15, 0.2) is 0 Å². The molecule has 0 aliphatic rings. The molecule has 0 unspecified atom stereocenters. The maximum absolute atomic E-state index is 13.4. The fourth-order valence-electron chi connectivity index (χ4n) is 5.50. The average Bonchev–Trinajstić information content (AvgIpc) is 3.09. The molecule has 280 valence electrons. The van der Waals surface area contributed by atoms with Gasteiger partial charge in [0, 0.05) is 32.9 Å². The Morgan fingerprint density at radius 1 is 0.481 bits per heavy atom. The van der Waals surface area contributed by atoms with Gasteiger partial charge in [0.1, 0.15) is 21.3 Å². The molecular weight excluding hydrogens is 789 g/mol. The van der Waals surface area contributed by atoms with Crippen molar-refractivity contribution in [3.05, 3.63) is 109 Å². The number of fused-ring (bicyclic) bond motifs is 2. The molecule has 8 N–H and O–H groups in total. The van der Waals surface area contributed by atoms with Gasteiger partial charge < -0.3 is 20.8 Å². The molecule has 54 heavy (non-hydrogen) atoms. The highest BCUT2D eigenvalue weighted by atomic mass is 32.2. The van der Waals surface area contributed by atoms with Crippen LogP contribution >= 0.6 is 0 Å². The van der Waals surface area contributed by atoms with Crippen LogP contribution in [-0.2, 0) is 40.3 Å². The van der Waals surface area contributed by atoms with E-state index in [-0.39, 0.29) is 65.6 Å². The van der Waals surface area contributed by atoms with Crippen molar-refractivity contribution in [2.45, 2.75) is 19.6 Å². The van der Waals surface area contributed by atoms with Crippen LogP contribution in [0.15, 0.2) is 129 Å². The molecule has 0 saturated carbocycles. The summed E-state index contributed by atoms with van der Waals surface area (Å²) in [5.74, 6) is -0.759. The van der Waals surface area contributed by atoms with Crippen molar-refractivity contribution >= 4 is 90.6 Å². The zero-order valence-electron chi connectivity index (χ0n) is 27.0. The zero-order valence-corrected chi connectivity index (χ0v) is 30.3. The molecule has 2 amide bonds. The van der Waals surface area contributed by atoms with Gasteiger partial charge in [-0.05, 0) is 72.8 Å². The molecule has 21 heteroatoms. The maximum Gasteiger partial charge on any atom is 0.323 e. The van der Waals surface area contributed by atoms with Crippen LogP contribution in [0.5, 0.6) is 11.5 Å². The third-order valence-corrected chi connectivity index (χ3v) is 12.3. The van der Waals surface area contributed by atoms with E-state index in [0.717, 1.165) is 48.5 Å². The molecule has 6 rings (SSSR count). The van der Waals surface area contributed by atoms with E-state index in [9.17, 15) is 57.8 Å². The Bertz CT molecular complexity index is 2770. The number of carbonyl (C=O) groups is 1. The predicted octanol–water partition coefficient (Wildman–Crippen LogP) is 5.14. The minimum Gasteiger partial charge on any atom is -0.507 e. The lowest BCUT2D eigenvalue weighted by atomic mass is 10.1. The van der Waals surface area contributed by atoms with Crippen molar-refractivity contribution in [3.8, 4) is 11.5 Å². The van der Waals surface area contributed by atoms with Crippen LogP contribution in [0.25, 0.3) is 21.5 Å². The summed E-state index contributed by atoms with van der Waals surface area (Å²) >= 11 is 0. The number of aromatic hydroxyl groups is 2. The largest absolute Gasteiger partial charge is 0.507 e. The summed E-state index contributed by atoms with van der Waals surface area (Å²) in [6, 6.07) is 20.5. The van der Waals surface area contributed by atoms with Gasteiger partial charge in [0.25, 0.3) is 40.3 Å². The molecule has 0 heterocycles. The summed E-state index contributed by atoms with van der Waals surface area (Å²) in [5, 5.41) is 24.6. The van der Waals surface area contributed by atoms with E-state index >= 15 is 0 Å². The molecule has 0 saturated heterocycles. The second-order valence-corrected chi connectivity index (χ2v) is 17.6. The Balaban J connectivity index is 1.22. The average molecular weight is 815 g/mol. The molecule has 6 aromatic rings. The van der Waals surface area contributed by atoms with E-state index in [1.54, 1.807) is 0 Å². The van der Waals surface area contributed by atoms with Crippen molar-refractivity contribution in [1.82, 2.24) is 0 Å². The monoisotopic (exact) mass is 814 g/mol. The number of phenolic OH excluding ortho intramolecular Hbond substituents is 2. The molecule has 0 fully saturated rings. The minimum atomic E-state index is -4.85. The summed E-state index contributed by atoms with van der Waals surface area (Å²) in [4.78, 5) is 10.9. The third kappa shape index (κ3) is 7.71. The van der Waals surface area contributed by atoms with Crippen molar-refractivity contribution in [3.63, 3.8) is 0 Å². The van der Waals surface area contributed by atoms with E-state index in [1.807, 2.05) is 0 Å². The summed E-state index contributed by atoms with van der Waals surface area (Å²) in [7, 11) is -18.7. The van der Waals surface area contributed by atoms with Crippen LogP contribution in [-0.4, -0.2) is 59.0 Å². The number of phenols is 2. The number of amides is 2. The summed E-state index contributed by atoms with van der Waals surface area (Å²) in [6.07, 6.45) is 0.